The fourth-order valence-electron chi connectivity index (χ4n) is 3.07. The van der Waals surface area contributed by atoms with E-state index in [2.05, 4.69) is 63.0 Å². The quantitative estimate of drug-likeness (QED) is 0.660. The van der Waals surface area contributed by atoms with Crippen molar-refractivity contribution in [3.8, 4) is 11.3 Å². The van der Waals surface area contributed by atoms with E-state index < -0.39 is 0 Å². The molecule has 0 bridgehead atoms. The van der Waals surface area contributed by atoms with Crippen molar-refractivity contribution in [3.05, 3.63) is 60.8 Å². The number of pyridine rings is 1. The molecular weight excluding hydrogens is 309 g/mol. The van der Waals surface area contributed by atoms with Gasteiger partial charge < -0.3 is 9.31 Å². The van der Waals surface area contributed by atoms with Gasteiger partial charge in [-0.2, -0.15) is 0 Å². The highest BCUT2D eigenvalue weighted by atomic mass is 16.7. The van der Waals surface area contributed by atoms with Gasteiger partial charge in [-0.3, -0.25) is 4.98 Å². The van der Waals surface area contributed by atoms with Gasteiger partial charge in [-0.1, -0.05) is 48.5 Å². The molecule has 1 saturated heterocycles. The molecule has 1 aliphatic rings. The highest BCUT2D eigenvalue weighted by molar-refractivity contribution is 6.62. The number of aromatic nitrogens is 1. The van der Waals surface area contributed by atoms with Crippen molar-refractivity contribution in [3.63, 3.8) is 0 Å². The summed E-state index contributed by atoms with van der Waals surface area (Å²) in [5.41, 5.74) is 2.37. The molecule has 2 aromatic carbocycles. The maximum atomic E-state index is 6.17. The van der Waals surface area contributed by atoms with Crippen molar-refractivity contribution >= 4 is 23.4 Å². The average molecular weight is 331 g/mol. The van der Waals surface area contributed by atoms with E-state index in [1.807, 2.05) is 30.5 Å². The second kappa shape index (κ2) is 5.68. The fraction of sp³-hybridized carbons (Fsp3) is 0.286. The summed E-state index contributed by atoms with van der Waals surface area (Å²) in [5, 5.41) is 2.34. The van der Waals surface area contributed by atoms with E-state index in [9.17, 15) is 0 Å². The standard InChI is InChI=1S/C21H22BNO2/c1-20(2)21(3,4)25-22(24-20)18-11-7-10-16(12-18)19-13-15-8-5-6-9-17(15)14-23-19/h5-14H,1-4H3. The summed E-state index contributed by atoms with van der Waals surface area (Å²) in [6.07, 6.45) is 1.92. The largest absolute Gasteiger partial charge is 0.494 e. The molecule has 0 N–H and O–H groups in total. The van der Waals surface area contributed by atoms with Gasteiger partial charge >= 0.3 is 7.12 Å². The Kier molecular flexibility index (Phi) is 3.71. The number of nitrogens with zero attached hydrogens (tertiary/aromatic N) is 1. The first-order valence-electron chi connectivity index (χ1n) is 8.66. The zero-order valence-electron chi connectivity index (χ0n) is 15.1. The van der Waals surface area contributed by atoms with Crippen LogP contribution >= 0.6 is 0 Å². The molecule has 0 aliphatic carbocycles. The molecule has 0 saturated carbocycles. The first-order valence-corrected chi connectivity index (χ1v) is 8.66. The molecule has 0 atom stereocenters. The summed E-state index contributed by atoms with van der Waals surface area (Å²) >= 11 is 0. The Labute approximate surface area is 149 Å². The zero-order chi connectivity index (χ0) is 17.7. The Hall–Kier alpha value is -2.17. The van der Waals surface area contributed by atoms with E-state index in [0.717, 1.165) is 22.1 Å². The first-order chi connectivity index (χ1) is 11.9. The van der Waals surface area contributed by atoms with Crippen LogP contribution in [0.15, 0.2) is 60.8 Å². The van der Waals surface area contributed by atoms with Gasteiger partial charge in [0.05, 0.1) is 16.9 Å². The van der Waals surface area contributed by atoms with Gasteiger partial charge in [-0.25, -0.2) is 0 Å². The molecule has 1 fully saturated rings. The number of fused-ring (bicyclic) bond motifs is 1. The van der Waals surface area contributed by atoms with Gasteiger partial charge in [0, 0.05) is 11.6 Å². The Morgan fingerprint density at radius 3 is 2.20 bits per heavy atom. The summed E-state index contributed by atoms with van der Waals surface area (Å²) in [6.45, 7) is 8.28. The Morgan fingerprint density at radius 1 is 0.800 bits per heavy atom. The molecule has 0 radical (unpaired) electrons. The maximum Gasteiger partial charge on any atom is 0.494 e. The van der Waals surface area contributed by atoms with Gasteiger partial charge in [0.1, 0.15) is 0 Å². The predicted octanol–water partition coefficient (Wildman–Crippen LogP) is 4.20. The lowest BCUT2D eigenvalue weighted by atomic mass is 9.78. The van der Waals surface area contributed by atoms with Crippen molar-refractivity contribution in [1.29, 1.82) is 0 Å². The molecule has 0 amide bonds. The fourth-order valence-corrected chi connectivity index (χ4v) is 3.07. The van der Waals surface area contributed by atoms with Crippen LogP contribution in [0.1, 0.15) is 27.7 Å². The second-order valence-corrected chi connectivity index (χ2v) is 7.63. The summed E-state index contributed by atoms with van der Waals surface area (Å²) in [7, 11) is -0.356. The molecular formula is C21H22BNO2. The topological polar surface area (TPSA) is 31.4 Å². The van der Waals surface area contributed by atoms with Crippen molar-refractivity contribution in [2.24, 2.45) is 0 Å². The molecule has 4 rings (SSSR count). The van der Waals surface area contributed by atoms with Crippen LogP contribution in [0.3, 0.4) is 0 Å². The molecule has 25 heavy (non-hydrogen) atoms. The van der Waals surface area contributed by atoms with Crippen molar-refractivity contribution < 1.29 is 9.31 Å². The Morgan fingerprint density at radius 2 is 1.48 bits per heavy atom. The third-order valence-corrected chi connectivity index (χ3v) is 5.34. The number of hydrogen-bond donors (Lipinski definition) is 0. The summed E-state index contributed by atoms with van der Waals surface area (Å²) in [4.78, 5) is 4.62. The van der Waals surface area contributed by atoms with Gasteiger partial charge in [0.2, 0.25) is 0 Å². The van der Waals surface area contributed by atoms with E-state index in [1.54, 1.807) is 0 Å². The molecule has 1 aromatic heterocycles. The first kappa shape index (κ1) is 16.3. The third kappa shape index (κ3) is 2.86. The van der Waals surface area contributed by atoms with Crippen LogP contribution in [-0.4, -0.2) is 23.3 Å². The van der Waals surface area contributed by atoms with Crippen LogP contribution in [0, 0.1) is 0 Å². The summed E-state index contributed by atoms with van der Waals surface area (Å²) < 4.78 is 12.3. The average Bonchev–Trinajstić information content (AvgIpc) is 2.82. The maximum absolute atomic E-state index is 6.17. The molecule has 4 heteroatoms. The molecule has 3 aromatic rings. The van der Waals surface area contributed by atoms with Crippen molar-refractivity contribution in [2.75, 3.05) is 0 Å². The van der Waals surface area contributed by atoms with Gasteiger partial charge in [0.15, 0.2) is 0 Å². The monoisotopic (exact) mass is 331 g/mol. The minimum Gasteiger partial charge on any atom is -0.399 e. The third-order valence-electron chi connectivity index (χ3n) is 5.34. The minimum atomic E-state index is -0.356. The van der Waals surface area contributed by atoms with E-state index in [1.165, 1.54) is 5.39 Å². The number of benzene rings is 2. The molecule has 3 nitrogen and oxygen atoms in total. The Balaban J connectivity index is 1.70. The highest BCUT2D eigenvalue weighted by Gasteiger charge is 2.51. The smallest absolute Gasteiger partial charge is 0.399 e. The zero-order valence-corrected chi connectivity index (χ0v) is 15.1. The van der Waals surface area contributed by atoms with Crippen LogP contribution in [-0.2, 0) is 9.31 Å². The summed E-state index contributed by atoms with van der Waals surface area (Å²) in [6, 6.07) is 18.7. The van der Waals surface area contributed by atoms with Crippen LogP contribution < -0.4 is 5.46 Å². The molecule has 2 heterocycles. The molecule has 1 aliphatic heterocycles. The van der Waals surface area contributed by atoms with Crippen molar-refractivity contribution in [2.45, 2.75) is 38.9 Å². The van der Waals surface area contributed by atoms with E-state index in [-0.39, 0.29) is 18.3 Å². The van der Waals surface area contributed by atoms with Crippen LogP contribution in [0.5, 0.6) is 0 Å². The van der Waals surface area contributed by atoms with Crippen LogP contribution in [0.25, 0.3) is 22.0 Å². The van der Waals surface area contributed by atoms with Gasteiger partial charge in [-0.05, 0) is 50.2 Å². The molecule has 126 valence electrons. The SMILES string of the molecule is CC1(C)OB(c2cccc(-c3cc4ccccc4cn3)c2)OC1(C)C. The summed E-state index contributed by atoms with van der Waals surface area (Å²) in [5.74, 6) is 0. The van der Waals surface area contributed by atoms with E-state index in [4.69, 9.17) is 9.31 Å². The lowest BCUT2D eigenvalue weighted by Crippen LogP contribution is -2.41. The van der Waals surface area contributed by atoms with Gasteiger partial charge in [-0.15, -0.1) is 0 Å². The van der Waals surface area contributed by atoms with Crippen LogP contribution in [0.4, 0.5) is 0 Å². The second-order valence-electron chi connectivity index (χ2n) is 7.63. The highest BCUT2D eigenvalue weighted by Crippen LogP contribution is 2.36. The van der Waals surface area contributed by atoms with E-state index >= 15 is 0 Å². The van der Waals surface area contributed by atoms with E-state index in [0.29, 0.717) is 0 Å². The minimum absolute atomic E-state index is 0.338. The van der Waals surface area contributed by atoms with Crippen LogP contribution in [0.2, 0.25) is 0 Å². The lowest BCUT2D eigenvalue weighted by molar-refractivity contribution is 0.00578. The lowest BCUT2D eigenvalue weighted by Gasteiger charge is -2.32. The normalized spacial score (nSPS) is 18.6. The molecule has 0 unspecified atom stereocenters. The molecule has 0 spiro atoms. The number of rotatable bonds is 2. The Bertz CT molecular complexity index is 920. The predicted molar refractivity (Wildman–Crippen MR) is 103 cm³/mol. The van der Waals surface area contributed by atoms with Gasteiger partial charge in [0.25, 0.3) is 0 Å². The van der Waals surface area contributed by atoms with Crippen molar-refractivity contribution in [1.82, 2.24) is 4.98 Å². The number of hydrogen-bond acceptors (Lipinski definition) is 3.